The highest BCUT2D eigenvalue weighted by Gasteiger charge is 2.34. The van der Waals surface area contributed by atoms with Crippen molar-refractivity contribution in [2.45, 2.75) is 24.9 Å². The minimum Gasteiger partial charge on any atom is -0.289 e. The SMILES string of the molecule is O=C(Nc1nccc(C2CC2)n1)c1cc2nccc(C(F)(F)F)n2n1. The summed E-state index contributed by atoms with van der Waals surface area (Å²) in [5.41, 5.74) is -0.456. The summed E-state index contributed by atoms with van der Waals surface area (Å²) in [5.74, 6) is -0.227. The molecule has 10 heteroatoms. The van der Waals surface area contributed by atoms with Gasteiger partial charge < -0.3 is 0 Å². The number of halogens is 3. The zero-order chi connectivity index (χ0) is 17.6. The molecule has 1 aliphatic rings. The standard InChI is InChI=1S/C15H11F3N6O/c16-15(17,18)11-4-6-19-12-7-10(23-24(11)12)13(25)22-14-20-5-3-9(21-14)8-1-2-8/h3-8H,1-2H2,(H,20,21,22,25). The summed E-state index contributed by atoms with van der Waals surface area (Å²) in [6, 6.07) is 3.75. The zero-order valence-electron chi connectivity index (χ0n) is 12.7. The van der Waals surface area contributed by atoms with Gasteiger partial charge in [-0.25, -0.2) is 19.5 Å². The molecule has 1 amide bonds. The number of carbonyl (C=O) groups is 1. The molecule has 0 aliphatic heterocycles. The van der Waals surface area contributed by atoms with Crippen molar-refractivity contribution < 1.29 is 18.0 Å². The van der Waals surface area contributed by atoms with Crippen molar-refractivity contribution in [3.63, 3.8) is 0 Å². The highest BCUT2D eigenvalue weighted by atomic mass is 19.4. The van der Waals surface area contributed by atoms with Crippen LogP contribution < -0.4 is 5.32 Å². The maximum absolute atomic E-state index is 13.0. The molecule has 128 valence electrons. The minimum absolute atomic E-state index is 0.0763. The molecule has 7 nitrogen and oxygen atoms in total. The van der Waals surface area contributed by atoms with Gasteiger partial charge >= 0.3 is 6.18 Å². The average molecular weight is 348 g/mol. The fourth-order valence-electron chi connectivity index (χ4n) is 2.43. The van der Waals surface area contributed by atoms with E-state index in [9.17, 15) is 18.0 Å². The normalized spacial score (nSPS) is 14.7. The zero-order valence-corrected chi connectivity index (χ0v) is 12.7. The van der Waals surface area contributed by atoms with E-state index in [0.717, 1.165) is 30.8 Å². The molecular formula is C15H11F3N6O. The highest BCUT2D eigenvalue weighted by Crippen LogP contribution is 2.38. The monoisotopic (exact) mass is 348 g/mol. The predicted molar refractivity (Wildman–Crippen MR) is 79.9 cm³/mol. The molecule has 1 N–H and O–H groups in total. The van der Waals surface area contributed by atoms with Crippen LogP contribution in [-0.4, -0.2) is 30.5 Å². The Hall–Kier alpha value is -3.04. The Labute approximate surface area is 138 Å². The topological polar surface area (TPSA) is 85.1 Å². The number of hydrogen-bond acceptors (Lipinski definition) is 5. The van der Waals surface area contributed by atoms with Gasteiger partial charge in [0.1, 0.15) is 5.69 Å². The Morgan fingerprint density at radius 1 is 1.20 bits per heavy atom. The molecule has 3 aromatic rings. The van der Waals surface area contributed by atoms with Gasteiger partial charge in [0.05, 0.1) is 0 Å². The molecule has 3 aromatic heterocycles. The van der Waals surface area contributed by atoms with Crippen LogP contribution in [0.25, 0.3) is 5.65 Å². The number of fused-ring (bicyclic) bond motifs is 1. The summed E-state index contributed by atoms with van der Waals surface area (Å²) in [7, 11) is 0. The van der Waals surface area contributed by atoms with E-state index < -0.39 is 17.8 Å². The molecular weight excluding hydrogens is 337 g/mol. The third-order valence-electron chi connectivity index (χ3n) is 3.78. The van der Waals surface area contributed by atoms with Crippen molar-refractivity contribution in [2.24, 2.45) is 0 Å². The average Bonchev–Trinajstić information content (AvgIpc) is 3.32. The van der Waals surface area contributed by atoms with E-state index in [4.69, 9.17) is 0 Å². The molecule has 3 heterocycles. The van der Waals surface area contributed by atoms with Crippen LogP contribution in [0.1, 0.15) is 40.6 Å². The second-order valence-electron chi connectivity index (χ2n) is 5.66. The number of rotatable bonds is 3. The van der Waals surface area contributed by atoms with Gasteiger partial charge in [-0.2, -0.15) is 18.3 Å². The lowest BCUT2D eigenvalue weighted by Crippen LogP contribution is -2.16. The maximum atomic E-state index is 13.0. The van der Waals surface area contributed by atoms with Crippen LogP contribution >= 0.6 is 0 Å². The molecule has 0 saturated heterocycles. The summed E-state index contributed by atoms with van der Waals surface area (Å²) in [6.45, 7) is 0. The van der Waals surface area contributed by atoms with Gasteiger partial charge in [-0.3, -0.25) is 10.1 Å². The van der Waals surface area contributed by atoms with Gasteiger partial charge in [0.2, 0.25) is 5.95 Å². The Kier molecular flexibility index (Phi) is 3.41. The quantitative estimate of drug-likeness (QED) is 0.787. The van der Waals surface area contributed by atoms with Crippen LogP contribution in [0.2, 0.25) is 0 Å². The van der Waals surface area contributed by atoms with E-state index in [1.54, 1.807) is 6.07 Å². The first-order chi connectivity index (χ1) is 11.9. The highest BCUT2D eigenvalue weighted by molar-refractivity contribution is 6.02. The molecule has 1 aliphatic carbocycles. The molecule has 0 spiro atoms. The largest absolute Gasteiger partial charge is 0.433 e. The van der Waals surface area contributed by atoms with Crippen molar-refractivity contribution >= 4 is 17.5 Å². The van der Waals surface area contributed by atoms with Gasteiger partial charge in [0, 0.05) is 30.1 Å². The number of alkyl halides is 3. The fourth-order valence-corrected chi connectivity index (χ4v) is 2.43. The van der Waals surface area contributed by atoms with E-state index >= 15 is 0 Å². The van der Waals surface area contributed by atoms with Gasteiger partial charge in [-0.05, 0) is 25.0 Å². The van der Waals surface area contributed by atoms with Crippen LogP contribution in [0.4, 0.5) is 19.1 Å². The second kappa shape index (κ2) is 5.50. The minimum atomic E-state index is -4.61. The molecule has 0 unspecified atom stereocenters. The van der Waals surface area contributed by atoms with Crippen molar-refractivity contribution in [1.82, 2.24) is 24.6 Å². The van der Waals surface area contributed by atoms with Crippen molar-refractivity contribution in [2.75, 3.05) is 5.32 Å². The second-order valence-corrected chi connectivity index (χ2v) is 5.66. The van der Waals surface area contributed by atoms with Crippen molar-refractivity contribution in [3.8, 4) is 0 Å². The van der Waals surface area contributed by atoms with E-state index in [-0.39, 0.29) is 17.3 Å². The number of hydrogen-bond donors (Lipinski definition) is 1. The van der Waals surface area contributed by atoms with Gasteiger partial charge in [0.25, 0.3) is 5.91 Å². The molecule has 0 bridgehead atoms. The first-order valence-electron chi connectivity index (χ1n) is 7.48. The molecule has 0 atom stereocenters. The summed E-state index contributed by atoms with van der Waals surface area (Å²) >= 11 is 0. The smallest absolute Gasteiger partial charge is 0.289 e. The Morgan fingerprint density at radius 2 is 1.96 bits per heavy atom. The van der Waals surface area contributed by atoms with Gasteiger partial charge in [0.15, 0.2) is 11.3 Å². The van der Waals surface area contributed by atoms with Crippen LogP contribution in [0.5, 0.6) is 0 Å². The van der Waals surface area contributed by atoms with Crippen LogP contribution in [-0.2, 0) is 6.18 Å². The molecule has 1 fully saturated rings. The Bertz CT molecular complexity index is 963. The maximum Gasteiger partial charge on any atom is 0.433 e. The van der Waals surface area contributed by atoms with E-state index in [2.05, 4.69) is 25.4 Å². The van der Waals surface area contributed by atoms with Crippen molar-refractivity contribution in [1.29, 1.82) is 0 Å². The number of nitrogens with zero attached hydrogens (tertiary/aromatic N) is 5. The first-order valence-corrected chi connectivity index (χ1v) is 7.48. The van der Waals surface area contributed by atoms with E-state index in [0.29, 0.717) is 10.4 Å². The summed E-state index contributed by atoms with van der Waals surface area (Å²) in [4.78, 5) is 24.3. The predicted octanol–water partition coefficient (Wildman–Crippen LogP) is 2.67. The molecule has 4 rings (SSSR count). The summed E-state index contributed by atoms with van der Waals surface area (Å²) < 4.78 is 39.6. The van der Waals surface area contributed by atoms with E-state index in [1.165, 1.54) is 12.3 Å². The first kappa shape index (κ1) is 15.5. The Balaban J connectivity index is 1.63. The molecule has 0 radical (unpaired) electrons. The molecule has 1 saturated carbocycles. The lowest BCUT2D eigenvalue weighted by atomic mass is 10.3. The van der Waals surface area contributed by atoms with Gasteiger partial charge in [-0.15, -0.1) is 0 Å². The Morgan fingerprint density at radius 3 is 2.68 bits per heavy atom. The van der Waals surface area contributed by atoms with Crippen LogP contribution in [0, 0.1) is 0 Å². The van der Waals surface area contributed by atoms with Crippen LogP contribution in [0.3, 0.4) is 0 Å². The van der Waals surface area contributed by atoms with Gasteiger partial charge in [-0.1, -0.05) is 0 Å². The third-order valence-corrected chi connectivity index (χ3v) is 3.78. The molecule has 25 heavy (non-hydrogen) atoms. The van der Waals surface area contributed by atoms with Crippen LogP contribution in [0.15, 0.2) is 30.6 Å². The number of carbonyl (C=O) groups excluding carboxylic acids is 1. The summed E-state index contributed by atoms with van der Waals surface area (Å²) in [5, 5.41) is 6.17. The fraction of sp³-hybridized carbons (Fsp3) is 0.267. The van der Waals surface area contributed by atoms with Crippen molar-refractivity contribution in [3.05, 3.63) is 47.7 Å². The third kappa shape index (κ3) is 3.02. The van der Waals surface area contributed by atoms with E-state index in [1.807, 2.05) is 0 Å². The lowest BCUT2D eigenvalue weighted by Gasteiger charge is -2.07. The lowest BCUT2D eigenvalue weighted by molar-refractivity contribution is -0.142. The number of anilines is 1. The summed E-state index contributed by atoms with van der Waals surface area (Å²) in [6.07, 6.45) is 0.0289. The number of amides is 1. The number of nitrogens with one attached hydrogen (secondary N) is 1. The molecule has 0 aromatic carbocycles. The number of aromatic nitrogens is 5.